The smallest absolute Gasteiger partial charge is 0.194 e. The first-order valence-electron chi connectivity index (χ1n) is 6.56. The lowest BCUT2D eigenvalue weighted by molar-refractivity contribution is 0.103. The maximum atomic E-state index is 12.3. The van der Waals surface area contributed by atoms with Gasteiger partial charge in [0.25, 0.3) is 0 Å². The fraction of sp³-hybridized carbons (Fsp3) is 0.235. The first-order valence-corrected chi connectivity index (χ1v) is 6.94. The molecule has 2 rings (SSSR count). The molecule has 0 bridgehead atoms. The van der Waals surface area contributed by atoms with Gasteiger partial charge in [-0.3, -0.25) is 4.79 Å². The van der Waals surface area contributed by atoms with E-state index in [4.69, 9.17) is 16.3 Å². The van der Waals surface area contributed by atoms with Crippen molar-refractivity contribution in [3.05, 3.63) is 64.2 Å². The van der Waals surface area contributed by atoms with Crippen LogP contribution >= 0.6 is 11.6 Å². The molecule has 2 aromatic carbocycles. The minimum absolute atomic E-state index is 0.0775. The van der Waals surface area contributed by atoms with Gasteiger partial charge in [-0.1, -0.05) is 37.1 Å². The minimum atomic E-state index is -0.0775. The summed E-state index contributed by atoms with van der Waals surface area (Å²) in [6.07, 6.45) is 0. The van der Waals surface area contributed by atoms with Gasteiger partial charge in [0.05, 0.1) is 12.1 Å². The van der Waals surface area contributed by atoms with Crippen molar-refractivity contribution in [2.75, 3.05) is 7.11 Å². The largest absolute Gasteiger partial charge is 0.497 e. The maximum Gasteiger partial charge on any atom is 0.194 e. The van der Waals surface area contributed by atoms with Gasteiger partial charge in [0.15, 0.2) is 5.78 Å². The fourth-order valence-corrected chi connectivity index (χ4v) is 1.91. The van der Waals surface area contributed by atoms with Crippen molar-refractivity contribution in [2.45, 2.75) is 20.8 Å². The van der Waals surface area contributed by atoms with Crippen LogP contribution in [0.4, 0.5) is 0 Å². The molecular weight excluding hydrogens is 272 g/mol. The molecule has 0 aliphatic carbocycles. The first kappa shape index (κ1) is 16.3. The van der Waals surface area contributed by atoms with Crippen molar-refractivity contribution in [3.8, 4) is 5.75 Å². The highest BCUT2D eigenvalue weighted by Gasteiger charge is 2.12. The second-order valence-electron chi connectivity index (χ2n) is 4.04. The molecule has 0 amide bonds. The Hall–Kier alpha value is -1.80. The number of halogens is 1. The van der Waals surface area contributed by atoms with E-state index in [1.165, 1.54) is 0 Å². The van der Waals surface area contributed by atoms with Gasteiger partial charge < -0.3 is 4.74 Å². The van der Waals surface area contributed by atoms with Crippen molar-refractivity contribution in [2.24, 2.45) is 0 Å². The number of carbonyl (C=O) groups is 1. The molecule has 0 aliphatic rings. The van der Waals surface area contributed by atoms with E-state index in [1.807, 2.05) is 26.8 Å². The third-order valence-corrected chi connectivity index (χ3v) is 3.05. The van der Waals surface area contributed by atoms with Crippen LogP contribution in [0.3, 0.4) is 0 Å². The summed E-state index contributed by atoms with van der Waals surface area (Å²) < 4.78 is 5.06. The molecule has 0 heterocycles. The molecule has 0 fully saturated rings. The molecule has 0 saturated heterocycles. The van der Waals surface area contributed by atoms with E-state index >= 15 is 0 Å². The lowest BCUT2D eigenvalue weighted by Gasteiger charge is -2.06. The highest BCUT2D eigenvalue weighted by Crippen LogP contribution is 2.22. The van der Waals surface area contributed by atoms with Crippen molar-refractivity contribution in [3.63, 3.8) is 0 Å². The van der Waals surface area contributed by atoms with Gasteiger partial charge in [0.1, 0.15) is 5.75 Å². The maximum absolute atomic E-state index is 12.3. The van der Waals surface area contributed by atoms with E-state index in [-0.39, 0.29) is 5.78 Å². The number of methoxy groups -OCH3 is 1. The Bertz CT molecular complexity index is 574. The molecule has 106 valence electrons. The number of aryl methyl sites for hydroxylation is 1. The second kappa shape index (κ2) is 7.71. The van der Waals surface area contributed by atoms with Gasteiger partial charge in [0, 0.05) is 11.1 Å². The van der Waals surface area contributed by atoms with Gasteiger partial charge in [-0.05, 0) is 43.3 Å². The van der Waals surface area contributed by atoms with E-state index in [2.05, 4.69) is 0 Å². The number of ketones is 1. The van der Waals surface area contributed by atoms with Gasteiger partial charge >= 0.3 is 0 Å². The Kier molecular flexibility index (Phi) is 6.26. The van der Waals surface area contributed by atoms with E-state index in [9.17, 15) is 4.79 Å². The number of benzene rings is 2. The summed E-state index contributed by atoms with van der Waals surface area (Å²) >= 11 is 6.05. The Morgan fingerprint density at radius 2 is 1.65 bits per heavy atom. The molecule has 20 heavy (non-hydrogen) atoms. The topological polar surface area (TPSA) is 26.3 Å². The van der Waals surface area contributed by atoms with Crippen LogP contribution in [-0.2, 0) is 0 Å². The number of carbonyl (C=O) groups excluding carboxylic acids is 1. The second-order valence-corrected chi connectivity index (χ2v) is 4.45. The summed E-state index contributed by atoms with van der Waals surface area (Å²) in [5.74, 6) is 0.647. The van der Waals surface area contributed by atoms with E-state index in [0.717, 1.165) is 11.3 Å². The molecule has 0 N–H and O–H groups in total. The van der Waals surface area contributed by atoms with Crippen LogP contribution in [0.25, 0.3) is 0 Å². The summed E-state index contributed by atoms with van der Waals surface area (Å²) in [6.45, 7) is 5.93. The van der Waals surface area contributed by atoms with Gasteiger partial charge in [-0.25, -0.2) is 0 Å². The van der Waals surface area contributed by atoms with Crippen LogP contribution in [0.5, 0.6) is 5.75 Å². The Morgan fingerprint density at radius 1 is 1.05 bits per heavy atom. The van der Waals surface area contributed by atoms with Crippen LogP contribution in [0.15, 0.2) is 42.5 Å². The molecule has 3 heteroatoms. The van der Waals surface area contributed by atoms with Crippen molar-refractivity contribution in [1.29, 1.82) is 0 Å². The fourth-order valence-electron chi connectivity index (χ4n) is 1.71. The number of ether oxygens (including phenoxy) is 1. The van der Waals surface area contributed by atoms with E-state index in [0.29, 0.717) is 16.1 Å². The summed E-state index contributed by atoms with van der Waals surface area (Å²) in [7, 11) is 1.59. The first-order chi connectivity index (χ1) is 9.61. The van der Waals surface area contributed by atoms with Gasteiger partial charge in [0.2, 0.25) is 0 Å². The summed E-state index contributed by atoms with van der Waals surface area (Å²) in [4.78, 5) is 12.3. The lowest BCUT2D eigenvalue weighted by Crippen LogP contribution is -2.02. The Labute approximate surface area is 125 Å². The average Bonchev–Trinajstić information content (AvgIpc) is 2.51. The van der Waals surface area contributed by atoms with E-state index < -0.39 is 0 Å². The molecule has 0 unspecified atom stereocenters. The zero-order chi connectivity index (χ0) is 15.1. The number of rotatable bonds is 3. The van der Waals surface area contributed by atoms with Crippen LogP contribution in [-0.4, -0.2) is 12.9 Å². The SMILES string of the molecule is CC.COc1ccc(C(=O)c2cc(C)ccc2Cl)cc1. The third-order valence-electron chi connectivity index (χ3n) is 2.72. The molecule has 0 radical (unpaired) electrons. The Morgan fingerprint density at radius 3 is 2.20 bits per heavy atom. The van der Waals surface area contributed by atoms with Crippen molar-refractivity contribution < 1.29 is 9.53 Å². The van der Waals surface area contributed by atoms with Crippen LogP contribution in [0.2, 0.25) is 5.02 Å². The average molecular weight is 291 g/mol. The highest BCUT2D eigenvalue weighted by atomic mass is 35.5. The third kappa shape index (κ3) is 3.84. The van der Waals surface area contributed by atoms with E-state index in [1.54, 1.807) is 43.5 Å². The predicted molar refractivity (Wildman–Crippen MR) is 84.0 cm³/mol. The summed E-state index contributed by atoms with van der Waals surface area (Å²) in [5.41, 5.74) is 2.14. The zero-order valence-corrected chi connectivity index (χ0v) is 13.0. The predicted octanol–water partition coefficient (Wildman–Crippen LogP) is 4.91. The zero-order valence-electron chi connectivity index (χ0n) is 12.2. The minimum Gasteiger partial charge on any atom is -0.497 e. The monoisotopic (exact) mass is 290 g/mol. The highest BCUT2D eigenvalue weighted by molar-refractivity contribution is 6.35. The normalized spacial score (nSPS) is 9.45. The van der Waals surface area contributed by atoms with Gasteiger partial charge in [-0.2, -0.15) is 0 Å². The molecule has 0 spiro atoms. The quantitative estimate of drug-likeness (QED) is 0.750. The van der Waals surface area contributed by atoms with Crippen molar-refractivity contribution in [1.82, 2.24) is 0 Å². The van der Waals surface area contributed by atoms with Crippen molar-refractivity contribution >= 4 is 17.4 Å². The number of hydrogen-bond donors (Lipinski definition) is 0. The van der Waals surface area contributed by atoms with Gasteiger partial charge in [-0.15, -0.1) is 0 Å². The number of hydrogen-bond acceptors (Lipinski definition) is 2. The molecule has 0 saturated carbocycles. The van der Waals surface area contributed by atoms with Crippen LogP contribution in [0, 0.1) is 6.92 Å². The van der Waals surface area contributed by atoms with Crippen LogP contribution in [0.1, 0.15) is 35.3 Å². The van der Waals surface area contributed by atoms with Crippen LogP contribution < -0.4 is 4.74 Å². The summed E-state index contributed by atoms with van der Waals surface area (Å²) in [6, 6.07) is 12.4. The molecule has 2 nitrogen and oxygen atoms in total. The molecular formula is C17H19ClO2. The molecule has 2 aromatic rings. The molecule has 0 atom stereocenters. The molecule has 0 aliphatic heterocycles. The standard InChI is InChI=1S/C15H13ClO2.C2H6/c1-10-3-8-14(16)13(9-10)15(17)11-4-6-12(18-2)7-5-11;1-2/h3-9H,1-2H3;1-2H3. The molecule has 0 aromatic heterocycles. The summed E-state index contributed by atoms with van der Waals surface area (Å²) in [5, 5.41) is 0.474. The lowest BCUT2D eigenvalue weighted by atomic mass is 10.0. The Balaban J connectivity index is 0.000000956.